The van der Waals surface area contributed by atoms with Crippen molar-refractivity contribution in [2.75, 3.05) is 6.61 Å². The third-order valence-corrected chi connectivity index (χ3v) is 2.30. The zero-order chi connectivity index (χ0) is 9.14. The first kappa shape index (κ1) is 10.3. The molecule has 1 aliphatic carbocycles. The molecule has 0 heterocycles. The molecule has 0 amide bonds. The summed E-state index contributed by atoms with van der Waals surface area (Å²) in [4.78, 5) is 11.1. The fourth-order valence-corrected chi connectivity index (χ4v) is 1.76. The van der Waals surface area contributed by atoms with Crippen molar-refractivity contribution < 1.29 is 9.53 Å². The van der Waals surface area contributed by atoms with Crippen molar-refractivity contribution in [3.63, 3.8) is 0 Å². The van der Waals surface area contributed by atoms with Crippen LogP contribution in [0.4, 0.5) is 0 Å². The van der Waals surface area contributed by atoms with Crippen LogP contribution in [-0.2, 0) is 9.53 Å². The molecule has 12 heavy (non-hydrogen) atoms. The van der Waals surface area contributed by atoms with Crippen molar-refractivity contribution in [1.82, 2.24) is 0 Å². The monoisotopic (exact) mass is 296 g/mol. The molecule has 2 nitrogen and oxygen atoms in total. The molecule has 1 rings (SSSR count). The van der Waals surface area contributed by atoms with E-state index in [1.54, 1.807) is 0 Å². The molecule has 1 aliphatic rings. The summed E-state index contributed by atoms with van der Waals surface area (Å²) < 4.78 is 5.79. The van der Waals surface area contributed by atoms with Gasteiger partial charge in [0.25, 0.3) is 0 Å². The largest absolute Gasteiger partial charge is 0.466 e. The average Bonchev–Trinajstić information content (AvgIpc) is 2.67. The molecule has 68 valence electrons. The van der Waals surface area contributed by atoms with E-state index in [1.807, 2.05) is 13.0 Å². The maximum atomic E-state index is 11.1. The summed E-state index contributed by atoms with van der Waals surface area (Å²) in [7, 11) is 0. The molecule has 0 bridgehead atoms. The summed E-state index contributed by atoms with van der Waals surface area (Å²) in [6, 6.07) is 0. The summed E-state index contributed by atoms with van der Waals surface area (Å²) in [5, 5.41) is 0. The van der Waals surface area contributed by atoms with Gasteiger partial charge in [0.05, 0.1) is 15.9 Å². The summed E-state index contributed by atoms with van der Waals surface area (Å²) >= 11 is 6.51. The topological polar surface area (TPSA) is 26.3 Å². The number of esters is 1. The summed E-state index contributed by atoms with van der Waals surface area (Å²) in [6.45, 7) is 2.30. The lowest BCUT2D eigenvalue weighted by atomic mass is 10.3. The minimum Gasteiger partial charge on any atom is -0.466 e. The SMILES string of the molecule is CCOC(=O)[C@@H]1C[C@H]1C=C(Br)Br. The molecule has 0 saturated heterocycles. The summed E-state index contributed by atoms with van der Waals surface area (Å²) in [5.41, 5.74) is 0. The normalized spacial score (nSPS) is 26.2. The molecule has 0 N–H and O–H groups in total. The van der Waals surface area contributed by atoms with Crippen LogP contribution in [0, 0.1) is 11.8 Å². The van der Waals surface area contributed by atoms with E-state index < -0.39 is 0 Å². The molecular formula is C8H10Br2O2. The Balaban J connectivity index is 2.32. The predicted octanol–water partition coefficient (Wildman–Crippen LogP) is 2.82. The van der Waals surface area contributed by atoms with E-state index in [1.165, 1.54) is 0 Å². The van der Waals surface area contributed by atoms with E-state index in [0.29, 0.717) is 12.5 Å². The number of carbonyl (C=O) groups excluding carboxylic acids is 1. The van der Waals surface area contributed by atoms with Crippen molar-refractivity contribution in [2.24, 2.45) is 11.8 Å². The van der Waals surface area contributed by atoms with Crippen LogP contribution in [0.1, 0.15) is 13.3 Å². The van der Waals surface area contributed by atoms with E-state index in [9.17, 15) is 4.79 Å². The fraction of sp³-hybridized carbons (Fsp3) is 0.625. The van der Waals surface area contributed by atoms with Gasteiger partial charge >= 0.3 is 5.97 Å². The molecule has 0 aliphatic heterocycles. The number of hydrogen-bond acceptors (Lipinski definition) is 2. The third kappa shape index (κ3) is 2.90. The van der Waals surface area contributed by atoms with Crippen LogP contribution in [0.25, 0.3) is 0 Å². The van der Waals surface area contributed by atoms with Crippen molar-refractivity contribution in [2.45, 2.75) is 13.3 Å². The number of ether oxygens (including phenoxy) is 1. The van der Waals surface area contributed by atoms with Crippen molar-refractivity contribution in [3.8, 4) is 0 Å². The Kier molecular flexibility index (Phi) is 3.77. The third-order valence-electron chi connectivity index (χ3n) is 1.77. The highest BCUT2D eigenvalue weighted by molar-refractivity contribution is 9.28. The van der Waals surface area contributed by atoms with Gasteiger partial charge in [0.2, 0.25) is 0 Å². The number of carbonyl (C=O) groups is 1. The lowest BCUT2D eigenvalue weighted by molar-refractivity contribution is -0.144. The Hall–Kier alpha value is 0.170. The second kappa shape index (κ2) is 4.42. The Morgan fingerprint density at radius 2 is 2.33 bits per heavy atom. The molecule has 0 spiro atoms. The van der Waals surface area contributed by atoms with Crippen LogP contribution < -0.4 is 0 Å². The van der Waals surface area contributed by atoms with Gasteiger partial charge in [0.1, 0.15) is 0 Å². The zero-order valence-electron chi connectivity index (χ0n) is 6.72. The Bertz CT molecular complexity index is 209. The van der Waals surface area contributed by atoms with Gasteiger partial charge in [-0.2, -0.15) is 0 Å². The molecule has 0 radical (unpaired) electrons. The first-order valence-corrected chi connectivity index (χ1v) is 5.43. The van der Waals surface area contributed by atoms with Gasteiger partial charge in [-0.3, -0.25) is 4.79 Å². The van der Waals surface area contributed by atoms with Crippen LogP contribution in [0.2, 0.25) is 0 Å². The maximum absolute atomic E-state index is 11.1. The van der Waals surface area contributed by atoms with E-state index in [4.69, 9.17) is 4.74 Å². The lowest BCUT2D eigenvalue weighted by Gasteiger charge is -1.97. The fourth-order valence-electron chi connectivity index (χ4n) is 1.08. The lowest BCUT2D eigenvalue weighted by Crippen LogP contribution is -2.06. The number of rotatable bonds is 3. The Morgan fingerprint density at radius 1 is 1.67 bits per heavy atom. The molecule has 0 aromatic heterocycles. The van der Waals surface area contributed by atoms with E-state index >= 15 is 0 Å². The smallest absolute Gasteiger partial charge is 0.309 e. The first-order chi connectivity index (χ1) is 5.65. The second-order valence-corrected chi connectivity index (χ2v) is 5.49. The van der Waals surface area contributed by atoms with Crippen molar-refractivity contribution in [3.05, 3.63) is 9.47 Å². The molecular weight excluding hydrogens is 288 g/mol. The number of halogens is 2. The molecule has 1 fully saturated rings. The highest BCUT2D eigenvalue weighted by Crippen LogP contribution is 2.42. The van der Waals surface area contributed by atoms with Crippen LogP contribution in [0.3, 0.4) is 0 Å². The minimum absolute atomic E-state index is 0.0694. The van der Waals surface area contributed by atoms with E-state index in [0.717, 1.165) is 9.81 Å². The molecule has 1 saturated carbocycles. The first-order valence-electron chi connectivity index (χ1n) is 3.84. The molecule has 0 aromatic rings. The standard InChI is InChI=1S/C8H10Br2O2/c1-2-12-8(11)6-3-5(6)4-7(9)10/h4-6H,2-3H2,1H3/t5-,6+/m0/s1. The van der Waals surface area contributed by atoms with E-state index in [-0.39, 0.29) is 11.9 Å². The van der Waals surface area contributed by atoms with Gasteiger partial charge in [-0.25, -0.2) is 0 Å². The van der Waals surface area contributed by atoms with Crippen molar-refractivity contribution in [1.29, 1.82) is 0 Å². The second-order valence-electron chi connectivity index (χ2n) is 2.71. The highest BCUT2D eigenvalue weighted by atomic mass is 79.9. The maximum Gasteiger partial charge on any atom is 0.309 e. The number of hydrogen-bond donors (Lipinski definition) is 0. The van der Waals surface area contributed by atoms with Crippen molar-refractivity contribution >= 4 is 37.8 Å². The van der Waals surface area contributed by atoms with Gasteiger partial charge < -0.3 is 4.74 Å². The van der Waals surface area contributed by atoms with Gasteiger partial charge in [0, 0.05) is 0 Å². The van der Waals surface area contributed by atoms with Crippen LogP contribution in [0.5, 0.6) is 0 Å². The summed E-state index contributed by atoms with van der Waals surface area (Å²) in [6.07, 6.45) is 2.90. The molecule has 4 heteroatoms. The minimum atomic E-state index is -0.0694. The van der Waals surface area contributed by atoms with Crippen LogP contribution >= 0.6 is 31.9 Å². The quantitative estimate of drug-likeness (QED) is 0.749. The predicted molar refractivity (Wildman–Crippen MR) is 54.2 cm³/mol. The Morgan fingerprint density at radius 3 is 2.83 bits per heavy atom. The average molecular weight is 298 g/mol. The van der Waals surface area contributed by atoms with Gasteiger partial charge in [-0.05, 0) is 51.1 Å². The van der Waals surface area contributed by atoms with Gasteiger partial charge in [-0.1, -0.05) is 6.08 Å². The molecule has 0 unspecified atom stereocenters. The number of allylic oxidation sites excluding steroid dienone is 1. The summed E-state index contributed by atoms with van der Waals surface area (Å²) in [5.74, 6) is 0.382. The molecule has 2 atom stereocenters. The zero-order valence-corrected chi connectivity index (χ0v) is 9.89. The van der Waals surface area contributed by atoms with Gasteiger partial charge in [-0.15, -0.1) is 0 Å². The van der Waals surface area contributed by atoms with Gasteiger partial charge in [0.15, 0.2) is 0 Å². The molecule has 0 aromatic carbocycles. The van der Waals surface area contributed by atoms with Crippen LogP contribution in [-0.4, -0.2) is 12.6 Å². The van der Waals surface area contributed by atoms with E-state index in [2.05, 4.69) is 31.9 Å². The Labute approximate surface area is 88.6 Å². The highest BCUT2D eigenvalue weighted by Gasteiger charge is 2.42. The van der Waals surface area contributed by atoms with Crippen LogP contribution in [0.15, 0.2) is 9.47 Å².